The van der Waals surface area contributed by atoms with Crippen LogP contribution in [-0.4, -0.2) is 19.3 Å². The van der Waals surface area contributed by atoms with Gasteiger partial charge in [-0.2, -0.15) is 8.42 Å². The van der Waals surface area contributed by atoms with Crippen molar-refractivity contribution in [2.24, 2.45) is 0 Å². The third-order valence-electron chi connectivity index (χ3n) is 3.76. The largest absolute Gasteiger partial charge is 0.382 e. The van der Waals surface area contributed by atoms with Crippen molar-refractivity contribution in [3.63, 3.8) is 0 Å². The lowest BCUT2D eigenvalue weighted by Gasteiger charge is -2.10. The molecule has 0 aliphatic carbocycles. The molecule has 0 bridgehead atoms. The molecule has 0 atom stereocenters. The summed E-state index contributed by atoms with van der Waals surface area (Å²) >= 11 is 1.28. The van der Waals surface area contributed by atoms with E-state index in [0.29, 0.717) is 21.9 Å². The molecule has 142 valence electrons. The molecule has 3 aromatic rings. The van der Waals surface area contributed by atoms with Gasteiger partial charge in [-0.25, -0.2) is 9.83 Å². The fraction of sp³-hybridized carbons (Fsp3) is 0.105. The number of rotatable bonds is 6. The average molecular weight is 413 g/mol. The highest BCUT2D eigenvalue weighted by molar-refractivity contribution is 7.86. The van der Waals surface area contributed by atoms with Crippen LogP contribution in [0.25, 0.3) is 4.85 Å². The van der Waals surface area contributed by atoms with Crippen LogP contribution in [0.2, 0.25) is 0 Å². The number of anilines is 1. The summed E-state index contributed by atoms with van der Waals surface area (Å²) in [6.45, 7) is 8.74. The van der Waals surface area contributed by atoms with Gasteiger partial charge in [0.25, 0.3) is 5.91 Å². The van der Waals surface area contributed by atoms with Gasteiger partial charge in [-0.05, 0) is 30.7 Å². The second kappa shape index (κ2) is 8.21. The Morgan fingerprint density at radius 2 is 2.11 bits per heavy atom. The molecule has 0 unspecified atom stereocenters. The van der Waals surface area contributed by atoms with Gasteiger partial charge in [0, 0.05) is 17.1 Å². The molecule has 2 aromatic carbocycles. The van der Waals surface area contributed by atoms with Crippen LogP contribution in [0.1, 0.15) is 21.5 Å². The number of thiazole rings is 1. The van der Waals surface area contributed by atoms with Crippen molar-refractivity contribution in [2.75, 3.05) is 5.32 Å². The zero-order valence-corrected chi connectivity index (χ0v) is 16.4. The number of carbonyl (C=O) groups is 1. The molecule has 0 radical (unpaired) electrons. The number of aromatic nitrogens is 1. The molecule has 3 rings (SSSR count). The van der Waals surface area contributed by atoms with E-state index in [-0.39, 0.29) is 17.1 Å². The van der Waals surface area contributed by atoms with Crippen LogP contribution in [0.4, 0.5) is 10.8 Å². The molecule has 1 aromatic heterocycles. The number of nitrogens with zero attached hydrogens (tertiary/aromatic N) is 2. The Bertz CT molecular complexity index is 1150. The van der Waals surface area contributed by atoms with Crippen LogP contribution in [-0.2, 0) is 15.9 Å². The maximum absolute atomic E-state index is 12.4. The molecule has 0 saturated carbocycles. The number of benzene rings is 2. The minimum Gasteiger partial charge on any atom is -0.382 e. The summed E-state index contributed by atoms with van der Waals surface area (Å²) in [7, 11) is -3.94. The summed E-state index contributed by atoms with van der Waals surface area (Å²) < 4.78 is 30.0. The molecule has 28 heavy (non-hydrogen) atoms. The normalized spacial score (nSPS) is 10.9. The highest BCUT2D eigenvalue weighted by Gasteiger charge is 2.17. The Morgan fingerprint density at radius 3 is 2.79 bits per heavy atom. The molecule has 0 fully saturated rings. The van der Waals surface area contributed by atoms with Gasteiger partial charge in [0.15, 0.2) is 10.8 Å². The Hall–Kier alpha value is -3.22. The molecular weight excluding hydrogens is 398 g/mol. The molecule has 0 aliphatic heterocycles. The fourth-order valence-electron chi connectivity index (χ4n) is 2.42. The van der Waals surface area contributed by atoms with E-state index < -0.39 is 16.0 Å². The van der Waals surface area contributed by atoms with Crippen molar-refractivity contribution in [1.82, 2.24) is 4.98 Å². The lowest BCUT2D eigenvalue weighted by atomic mass is 10.1. The average Bonchev–Trinajstić information content (AvgIpc) is 3.16. The van der Waals surface area contributed by atoms with E-state index in [9.17, 15) is 13.2 Å². The maximum Gasteiger partial charge on any atom is 0.313 e. The molecule has 1 N–H and O–H groups in total. The quantitative estimate of drug-likeness (QED) is 0.484. The second-order valence-corrected chi connectivity index (χ2v) is 8.29. The van der Waals surface area contributed by atoms with E-state index in [0.717, 1.165) is 0 Å². The Labute approximate surface area is 166 Å². The van der Waals surface area contributed by atoms with Gasteiger partial charge in [-0.1, -0.05) is 29.8 Å². The highest BCUT2D eigenvalue weighted by atomic mass is 32.2. The molecular formula is C19H15N3O4S2. The molecule has 0 saturated heterocycles. The Morgan fingerprint density at radius 1 is 1.29 bits per heavy atom. The number of nitrogens with one attached hydrogen (secondary N) is 1. The summed E-state index contributed by atoms with van der Waals surface area (Å²) in [6, 6.07) is 10.7. The first-order valence-electron chi connectivity index (χ1n) is 8.06. The predicted molar refractivity (Wildman–Crippen MR) is 107 cm³/mol. The van der Waals surface area contributed by atoms with Gasteiger partial charge in [0.1, 0.15) is 11.5 Å². The lowest BCUT2D eigenvalue weighted by Crippen LogP contribution is -2.14. The van der Waals surface area contributed by atoms with Crippen molar-refractivity contribution < 1.29 is 17.4 Å². The van der Waals surface area contributed by atoms with Gasteiger partial charge < -0.3 is 4.18 Å². The Kier molecular flexibility index (Phi) is 5.73. The zero-order valence-electron chi connectivity index (χ0n) is 14.7. The summed E-state index contributed by atoms with van der Waals surface area (Å²) in [5, 5.41) is 4.80. The number of amides is 1. The number of aryl methyl sites for hydroxylation is 1. The van der Waals surface area contributed by atoms with Crippen molar-refractivity contribution in [2.45, 2.75) is 12.7 Å². The topological polar surface area (TPSA) is 89.7 Å². The molecule has 1 heterocycles. The molecule has 9 heteroatoms. The van der Waals surface area contributed by atoms with E-state index in [1.54, 1.807) is 42.8 Å². The SMILES string of the molecule is [C-]#[N+]c1ccc(CS(=O)(=O)Oc2cccc(C(=O)Nc3nccs3)c2)c(C)c1. The Balaban J connectivity index is 1.74. The standard InChI is InChI=1S/C19H15N3O4S2/c1-13-10-16(20-2)7-6-15(13)12-28(24,25)26-17-5-3-4-14(11-17)18(23)22-19-21-8-9-27-19/h3-11H,12H2,1H3,(H,21,22,23). The van der Waals surface area contributed by atoms with Crippen LogP contribution in [0.15, 0.2) is 54.0 Å². The first kappa shape index (κ1) is 19.5. The highest BCUT2D eigenvalue weighted by Crippen LogP contribution is 2.22. The van der Waals surface area contributed by atoms with Crippen LogP contribution in [0, 0.1) is 13.5 Å². The van der Waals surface area contributed by atoms with Gasteiger partial charge in [-0.3, -0.25) is 10.1 Å². The van der Waals surface area contributed by atoms with E-state index in [4.69, 9.17) is 10.8 Å². The van der Waals surface area contributed by atoms with Crippen molar-refractivity contribution in [1.29, 1.82) is 0 Å². The van der Waals surface area contributed by atoms with E-state index in [1.807, 2.05) is 0 Å². The molecule has 0 spiro atoms. The third kappa shape index (κ3) is 4.94. The summed E-state index contributed by atoms with van der Waals surface area (Å²) in [4.78, 5) is 19.5. The number of hydrogen-bond donors (Lipinski definition) is 1. The van der Waals surface area contributed by atoms with E-state index >= 15 is 0 Å². The van der Waals surface area contributed by atoms with Gasteiger partial charge in [-0.15, -0.1) is 11.3 Å². The van der Waals surface area contributed by atoms with Crippen molar-refractivity contribution >= 4 is 38.2 Å². The smallest absolute Gasteiger partial charge is 0.313 e. The lowest BCUT2D eigenvalue weighted by molar-refractivity contribution is 0.102. The minimum atomic E-state index is -3.94. The molecule has 7 nitrogen and oxygen atoms in total. The summed E-state index contributed by atoms with van der Waals surface area (Å²) in [6.07, 6.45) is 1.57. The number of hydrogen-bond acceptors (Lipinski definition) is 6. The van der Waals surface area contributed by atoms with Gasteiger partial charge in [0.05, 0.1) is 6.57 Å². The summed E-state index contributed by atoms with van der Waals surface area (Å²) in [5.74, 6) is -0.710. The van der Waals surface area contributed by atoms with Crippen LogP contribution < -0.4 is 9.50 Å². The molecule has 0 aliphatic rings. The second-order valence-electron chi connectivity index (χ2n) is 5.83. The van der Waals surface area contributed by atoms with Crippen LogP contribution in [0.3, 0.4) is 0 Å². The van der Waals surface area contributed by atoms with E-state index in [2.05, 4.69) is 15.1 Å². The van der Waals surface area contributed by atoms with Crippen LogP contribution >= 0.6 is 11.3 Å². The predicted octanol–water partition coefficient (Wildman–Crippen LogP) is 4.16. The van der Waals surface area contributed by atoms with E-state index in [1.165, 1.54) is 29.5 Å². The third-order valence-corrected chi connectivity index (χ3v) is 5.56. The zero-order chi connectivity index (χ0) is 20.1. The van der Waals surface area contributed by atoms with Gasteiger partial charge >= 0.3 is 10.1 Å². The molecule has 1 amide bonds. The number of carbonyl (C=O) groups excluding carboxylic acids is 1. The monoisotopic (exact) mass is 413 g/mol. The minimum absolute atomic E-state index is 0.0437. The van der Waals surface area contributed by atoms with Crippen molar-refractivity contribution in [3.8, 4) is 5.75 Å². The van der Waals surface area contributed by atoms with Crippen molar-refractivity contribution in [3.05, 3.63) is 82.1 Å². The first-order valence-corrected chi connectivity index (χ1v) is 10.5. The van der Waals surface area contributed by atoms with Crippen LogP contribution in [0.5, 0.6) is 5.75 Å². The fourth-order valence-corrected chi connectivity index (χ4v) is 4.11. The summed E-state index contributed by atoms with van der Waals surface area (Å²) in [5.41, 5.74) is 1.93. The first-order chi connectivity index (χ1) is 13.4. The maximum atomic E-state index is 12.4. The van der Waals surface area contributed by atoms with Gasteiger partial charge in [0.2, 0.25) is 0 Å².